The number of aromatic nitrogens is 2. The van der Waals surface area contributed by atoms with Crippen molar-refractivity contribution in [3.63, 3.8) is 0 Å². The maximum atomic E-state index is 11.9. The molecule has 0 unspecified atom stereocenters. The summed E-state index contributed by atoms with van der Waals surface area (Å²) in [5, 5.41) is 0.720. The van der Waals surface area contributed by atoms with Crippen LogP contribution in [0.15, 0.2) is 42.5 Å². The summed E-state index contributed by atoms with van der Waals surface area (Å²) in [7, 11) is 5.17. The minimum absolute atomic E-state index is 0.118. The Balaban J connectivity index is 1.68. The lowest BCUT2D eigenvalue weighted by Gasteiger charge is -2.44. The van der Waals surface area contributed by atoms with Crippen LogP contribution in [0.4, 0.5) is 11.8 Å². The van der Waals surface area contributed by atoms with Crippen molar-refractivity contribution in [1.82, 2.24) is 14.9 Å². The Kier molecular flexibility index (Phi) is 6.26. The first-order valence-electron chi connectivity index (χ1n) is 11.1. The number of carbonyl (C=O) groups is 1. The molecule has 0 saturated carbocycles. The fraction of sp³-hybridized carbons (Fsp3) is 0.400. The van der Waals surface area contributed by atoms with Crippen LogP contribution in [-0.4, -0.2) is 61.7 Å². The average molecular weight is 450 g/mol. The van der Waals surface area contributed by atoms with Gasteiger partial charge < -0.3 is 25.0 Å². The predicted molar refractivity (Wildman–Crippen MR) is 130 cm³/mol. The van der Waals surface area contributed by atoms with E-state index < -0.39 is 0 Å². The first-order chi connectivity index (χ1) is 15.9. The van der Waals surface area contributed by atoms with Crippen LogP contribution in [0.1, 0.15) is 25.3 Å². The van der Waals surface area contributed by atoms with Crippen LogP contribution in [-0.2, 0) is 10.2 Å². The van der Waals surface area contributed by atoms with Crippen LogP contribution in [0.25, 0.3) is 10.9 Å². The maximum absolute atomic E-state index is 11.9. The topological polar surface area (TPSA) is 93.8 Å². The number of ether oxygens (including phenoxy) is 2. The van der Waals surface area contributed by atoms with Crippen molar-refractivity contribution in [2.24, 2.45) is 0 Å². The van der Waals surface area contributed by atoms with Crippen molar-refractivity contribution in [3.05, 3.63) is 48.0 Å². The number of rotatable bonds is 6. The fourth-order valence-electron chi connectivity index (χ4n) is 4.74. The third-order valence-electron chi connectivity index (χ3n) is 6.65. The van der Waals surface area contributed by atoms with E-state index in [0.29, 0.717) is 35.3 Å². The summed E-state index contributed by atoms with van der Waals surface area (Å²) in [4.78, 5) is 25.3. The Labute approximate surface area is 194 Å². The highest BCUT2D eigenvalue weighted by molar-refractivity contribution is 5.91. The Hall–Kier alpha value is -3.55. The maximum Gasteiger partial charge on any atom is 0.227 e. The number of likely N-dealkylation sites (N-methyl/N-ethyl adjacent to an activating group) is 1. The van der Waals surface area contributed by atoms with Gasteiger partial charge in [-0.1, -0.05) is 30.3 Å². The van der Waals surface area contributed by atoms with Gasteiger partial charge in [0.05, 0.1) is 19.7 Å². The van der Waals surface area contributed by atoms with Gasteiger partial charge in [0, 0.05) is 50.5 Å². The highest BCUT2D eigenvalue weighted by atomic mass is 16.5. The molecule has 4 rings (SSSR count). The van der Waals surface area contributed by atoms with E-state index in [1.165, 1.54) is 5.56 Å². The minimum Gasteiger partial charge on any atom is -0.493 e. The van der Waals surface area contributed by atoms with E-state index in [0.717, 1.165) is 31.3 Å². The van der Waals surface area contributed by atoms with E-state index in [2.05, 4.69) is 34.1 Å². The molecule has 8 nitrogen and oxygen atoms in total. The molecule has 174 valence electrons. The summed E-state index contributed by atoms with van der Waals surface area (Å²) >= 11 is 0. The van der Waals surface area contributed by atoms with Crippen molar-refractivity contribution in [2.75, 3.05) is 51.5 Å². The monoisotopic (exact) mass is 449 g/mol. The Morgan fingerprint density at radius 1 is 1.09 bits per heavy atom. The summed E-state index contributed by atoms with van der Waals surface area (Å²) in [5.41, 5.74) is 8.16. The van der Waals surface area contributed by atoms with Gasteiger partial charge in [-0.15, -0.1) is 0 Å². The Bertz CT molecular complexity index is 1140. The zero-order chi connectivity index (χ0) is 23.6. The summed E-state index contributed by atoms with van der Waals surface area (Å²) in [6, 6.07) is 14.1. The zero-order valence-corrected chi connectivity index (χ0v) is 19.7. The van der Waals surface area contributed by atoms with Gasteiger partial charge in [-0.25, -0.2) is 4.98 Å². The highest BCUT2D eigenvalue weighted by Crippen LogP contribution is 2.38. The molecule has 1 aliphatic heterocycles. The molecule has 3 aromatic rings. The van der Waals surface area contributed by atoms with Crippen LogP contribution in [0, 0.1) is 0 Å². The summed E-state index contributed by atoms with van der Waals surface area (Å²) in [6.45, 7) is 3.81. The highest BCUT2D eigenvalue weighted by Gasteiger charge is 2.38. The zero-order valence-electron chi connectivity index (χ0n) is 19.7. The number of carbonyl (C=O) groups excluding carboxylic acids is 1. The number of likely N-dealkylation sites (tertiary alicyclic amines) is 1. The number of nitrogens with two attached hydrogens (primary N) is 1. The molecule has 1 aromatic heterocycles. The van der Waals surface area contributed by atoms with Crippen LogP contribution >= 0.6 is 0 Å². The fourth-order valence-corrected chi connectivity index (χ4v) is 4.74. The molecular weight excluding hydrogens is 418 g/mol. The first kappa shape index (κ1) is 22.6. The van der Waals surface area contributed by atoms with Gasteiger partial charge in [0.15, 0.2) is 11.5 Å². The summed E-state index contributed by atoms with van der Waals surface area (Å²) < 4.78 is 10.8. The van der Waals surface area contributed by atoms with Crippen molar-refractivity contribution in [1.29, 1.82) is 0 Å². The molecule has 0 bridgehead atoms. The predicted octanol–water partition coefficient (Wildman–Crippen LogP) is 3.25. The summed E-state index contributed by atoms with van der Waals surface area (Å²) in [6.07, 6.45) is 1.74. The molecule has 8 heteroatoms. The third-order valence-corrected chi connectivity index (χ3v) is 6.65. The molecule has 1 amide bonds. The standard InChI is InChI=1S/C25H31N5O3/c1-17(31)30-12-10-25(11-13-30,18-8-6-5-7-9-18)16-29(2)24-27-20-15-22(33-4)21(32-3)14-19(20)23(26)28-24/h5-9,14-15H,10-13,16H2,1-4H3,(H2,26,27,28). The number of hydrogen-bond donors (Lipinski definition) is 1. The van der Waals surface area contributed by atoms with Gasteiger partial charge in [-0.2, -0.15) is 4.98 Å². The van der Waals surface area contributed by atoms with Gasteiger partial charge >= 0.3 is 0 Å². The van der Waals surface area contributed by atoms with E-state index in [1.807, 2.05) is 24.1 Å². The van der Waals surface area contributed by atoms with Gasteiger partial charge in [0.1, 0.15) is 5.82 Å². The quantitative estimate of drug-likeness (QED) is 0.617. The molecule has 0 radical (unpaired) electrons. The molecule has 1 saturated heterocycles. The molecule has 2 aromatic carbocycles. The normalized spacial score (nSPS) is 15.3. The number of methoxy groups -OCH3 is 2. The number of hydrogen-bond acceptors (Lipinski definition) is 7. The van der Waals surface area contributed by atoms with Crippen LogP contribution in [0.3, 0.4) is 0 Å². The molecule has 1 aliphatic rings. The molecular formula is C25H31N5O3. The van der Waals surface area contributed by atoms with E-state index in [-0.39, 0.29) is 11.3 Å². The lowest BCUT2D eigenvalue weighted by atomic mass is 9.72. The second-order valence-corrected chi connectivity index (χ2v) is 8.64. The number of benzene rings is 2. The second kappa shape index (κ2) is 9.13. The smallest absolute Gasteiger partial charge is 0.227 e. The number of amides is 1. The molecule has 0 atom stereocenters. The van der Waals surface area contributed by atoms with Crippen molar-refractivity contribution < 1.29 is 14.3 Å². The number of nitrogens with zero attached hydrogens (tertiary/aromatic N) is 4. The Morgan fingerprint density at radius 3 is 2.33 bits per heavy atom. The van der Waals surface area contributed by atoms with Gasteiger partial charge in [-0.3, -0.25) is 4.79 Å². The van der Waals surface area contributed by atoms with E-state index in [1.54, 1.807) is 27.2 Å². The number of piperidine rings is 1. The lowest BCUT2D eigenvalue weighted by Crippen LogP contribution is -2.49. The SMILES string of the molecule is COc1cc2nc(N(C)CC3(c4ccccc4)CCN(C(C)=O)CC3)nc(N)c2cc1OC. The molecule has 2 N–H and O–H groups in total. The van der Waals surface area contributed by atoms with Gasteiger partial charge in [0.25, 0.3) is 0 Å². The molecule has 33 heavy (non-hydrogen) atoms. The van der Waals surface area contributed by atoms with Crippen molar-refractivity contribution in [2.45, 2.75) is 25.2 Å². The summed E-state index contributed by atoms with van der Waals surface area (Å²) in [5.74, 6) is 2.25. The van der Waals surface area contributed by atoms with Crippen molar-refractivity contribution in [3.8, 4) is 11.5 Å². The molecule has 0 spiro atoms. The van der Waals surface area contributed by atoms with E-state index in [9.17, 15) is 4.79 Å². The minimum atomic E-state index is -0.118. The third kappa shape index (κ3) is 4.37. The van der Waals surface area contributed by atoms with Gasteiger partial charge in [0.2, 0.25) is 11.9 Å². The molecule has 0 aliphatic carbocycles. The first-order valence-corrected chi connectivity index (χ1v) is 11.1. The van der Waals surface area contributed by atoms with E-state index in [4.69, 9.17) is 20.2 Å². The lowest BCUT2D eigenvalue weighted by molar-refractivity contribution is -0.130. The van der Waals surface area contributed by atoms with Crippen molar-refractivity contribution >= 4 is 28.6 Å². The number of anilines is 2. The number of nitrogen functional groups attached to an aromatic ring is 1. The van der Waals surface area contributed by atoms with Gasteiger partial charge in [-0.05, 0) is 24.5 Å². The molecule has 2 heterocycles. The average Bonchev–Trinajstić information content (AvgIpc) is 2.84. The largest absolute Gasteiger partial charge is 0.493 e. The molecule has 1 fully saturated rings. The van der Waals surface area contributed by atoms with E-state index >= 15 is 0 Å². The van der Waals surface area contributed by atoms with Crippen LogP contribution in [0.5, 0.6) is 11.5 Å². The second-order valence-electron chi connectivity index (χ2n) is 8.64. The van der Waals surface area contributed by atoms with Crippen LogP contribution < -0.4 is 20.1 Å². The Morgan fingerprint density at radius 2 is 1.73 bits per heavy atom. The number of fused-ring (bicyclic) bond motifs is 1. The van der Waals surface area contributed by atoms with Crippen LogP contribution in [0.2, 0.25) is 0 Å².